The minimum absolute atomic E-state index is 0.0739. The second-order valence-corrected chi connectivity index (χ2v) is 5.38. The number of rotatable bonds is 6. The number of nitro groups is 1. The van der Waals surface area contributed by atoms with Gasteiger partial charge in [0.05, 0.1) is 10.3 Å². The van der Waals surface area contributed by atoms with Crippen molar-refractivity contribution < 1.29 is 4.92 Å². The van der Waals surface area contributed by atoms with E-state index in [0.29, 0.717) is 18.8 Å². The van der Waals surface area contributed by atoms with Crippen LogP contribution in [0.2, 0.25) is 0 Å². The van der Waals surface area contributed by atoms with Gasteiger partial charge in [0, 0.05) is 19.2 Å². The van der Waals surface area contributed by atoms with Crippen molar-refractivity contribution >= 4 is 38.7 Å². The molecule has 7 nitrogen and oxygen atoms in total. The molecule has 112 valence electrons. The van der Waals surface area contributed by atoms with E-state index < -0.39 is 4.92 Å². The molecule has 3 rings (SSSR count). The summed E-state index contributed by atoms with van der Waals surface area (Å²) in [5.74, 6) is 0.774. The van der Waals surface area contributed by atoms with E-state index in [4.69, 9.17) is 0 Å². The Hall–Kier alpha value is -2.74. The summed E-state index contributed by atoms with van der Waals surface area (Å²) in [5, 5.41) is 20.2. The number of anilines is 2. The number of aromatic nitrogens is 2. The summed E-state index contributed by atoms with van der Waals surface area (Å²) >= 11 is 1.56. The second kappa shape index (κ2) is 6.35. The van der Waals surface area contributed by atoms with Crippen molar-refractivity contribution in [1.82, 2.24) is 9.97 Å². The van der Waals surface area contributed by atoms with Crippen molar-refractivity contribution in [3.8, 4) is 0 Å². The van der Waals surface area contributed by atoms with E-state index in [2.05, 4.69) is 20.6 Å². The summed E-state index contributed by atoms with van der Waals surface area (Å²) in [6.07, 6.45) is 1.52. The van der Waals surface area contributed by atoms with Crippen LogP contribution in [0.4, 0.5) is 17.2 Å². The Morgan fingerprint density at radius 1 is 1.14 bits per heavy atom. The van der Waals surface area contributed by atoms with Crippen molar-refractivity contribution in [2.24, 2.45) is 0 Å². The fraction of sp³-hybridized carbons (Fsp3) is 0.143. The molecule has 0 aliphatic rings. The molecule has 22 heavy (non-hydrogen) atoms. The van der Waals surface area contributed by atoms with Gasteiger partial charge in [-0.3, -0.25) is 10.1 Å². The van der Waals surface area contributed by atoms with Crippen molar-refractivity contribution in [2.45, 2.75) is 0 Å². The van der Waals surface area contributed by atoms with Crippen LogP contribution in [-0.2, 0) is 0 Å². The molecular formula is C14H13N5O2S. The Kier molecular flexibility index (Phi) is 4.10. The maximum Gasteiger partial charge on any atom is 0.292 e. The summed E-state index contributed by atoms with van der Waals surface area (Å²) in [6, 6.07) is 8.56. The first-order chi connectivity index (χ1) is 10.8. The fourth-order valence-corrected chi connectivity index (χ4v) is 2.82. The molecule has 0 bridgehead atoms. The summed E-state index contributed by atoms with van der Waals surface area (Å²) < 4.78 is 0. The molecule has 2 heterocycles. The lowest BCUT2D eigenvalue weighted by molar-refractivity contribution is -0.384. The van der Waals surface area contributed by atoms with E-state index in [1.165, 1.54) is 12.4 Å². The molecule has 0 saturated carbocycles. The lowest BCUT2D eigenvalue weighted by Gasteiger charge is -2.09. The molecule has 0 aliphatic carbocycles. The average Bonchev–Trinajstić information content (AvgIpc) is 3.01. The first-order valence-electron chi connectivity index (χ1n) is 6.65. The molecule has 0 aliphatic heterocycles. The molecule has 0 amide bonds. The largest absolute Gasteiger partial charge is 0.378 e. The zero-order valence-electron chi connectivity index (χ0n) is 11.5. The number of hydrogen-bond donors (Lipinski definition) is 2. The van der Waals surface area contributed by atoms with Crippen molar-refractivity contribution in [1.29, 1.82) is 0 Å². The van der Waals surface area contributed by atoms with Crippen molar-refractivity contribution in [2.75, 3.05) is 23.7 Å². The Morgan fingerprint density at radius 2 is 1.95 bits per heavy atom. The molecule has 8 heteroatoms. The molecule has 0 radical (unpaired) electrons. The minimum Gasteiger partial charge on any atom is -0.378 e. The van der Waals surface area contributed by atoms with Gasteiger partial charge in [0.1, 0.15) is 22.7 Å². The van der Waals surface area contributed by atoms with Gasteiger partial charge in [0.15, 0.2) is 0 Å². The highest BCUT2D eigenvalue weighted by Crippen LogP contribution is 2.24. The van der Waals surface area contributed by atoms with Crippen LogP contribution in [0.1, 0.15) is 0 Å². The zero-order chi connectivity index (χ0) is 15.4. The molecule has 3 aromatic rings. The Morgan fingerprint density at radius 3 is 2.82 bits per heavy atom. The van der Waals surface area contributed by atoms with Crippen LogP contribution in [-0.4, -0.2) is 28.0 Å². The third kappa shape index (κ3) is 2.96. The average molecular weight is 315 g/mol. The maximum atomic E-state index is 10.9. The monoisotopic (exact) mass is 315 g/mol. The number of para-hydroxylation sites is 2. The van der Waals surface area contributed by atoms with Crippen LogP contribution in [0, 0.1) is 10.1 Å². The van der Waals surface area contributed by atoms with E-state index >= 15 is 0 Å². The van der Waals surface area contributed by atoms with E-state index in [1.54, 1.807) is 29.5 Å². The second-order valence-electron chi connectivity index (χ2n) is 4.49. The summed E-state index contributed by atoms with van der Waals surface area (Å²) in [7, 11) is 0. The van der Waals surface area contributed by atoms with Gasteiger partial charge in [-0.15, -0.1) is 11.3 Å². The zero-order valence-corrected chi connectivity index (χ0v) is 12.3. The van der Waals surface area contributed by atoms with Crippen LogP contribution in [0.15, 0.2) is 42.0 Å². The van der Waals surface area contributed by atoms with E-state index in [0.717, 1.165) is 16.0 Å². The molecule has 1 aromatic carbocycles. The molecule has 0 saturated heterocycles. The molecular weight excluding hydrogens is 302 g/mol. The van der Waals surface area contributed by atoms with E-state index in [-0.39, 0.29) is 5.69 Å². The van der Waals surface area contributed by atoms with Gasteiger partial charge in [-0.2, -0.15) is 0 Å². The highest BCUT2D eigenvalue weighted by molar-refractivity contribution is 7.16. The SMILES string of the molecule is O=[N+]([O-])c1ccccc1NCCNc1ncnc2sccc12. The predicted octanol–water partition coefficient (Wildman–Crippen LogP) is 3.12. The van der Waals surface area contributed by atoms with Gasteiger partial charge in [-0.1, -0.05) is 12.1 Å². The van der Waals surface area contributed by atoms with Crippen molar-refractivity contribution in [3.05, 3.63) is 52.2 Å². The van der Waals surface area contributed by atoms with Gasteiger partial charge in [-0.05, 0) is 17.5 Å². The van der Waals surface area contributed by atoms with Crippen LogP contribution >= 0.6 is 11.3 Å². The smallest absolute Gasteiger partial charge is 0.292 e. The van der Waals surface area contributed by atoms with Crippen LogP contribution in [0.25, 0.3) is 10.2 Å². The van der Waals surface area contributed by atoms with Crippen LogP contribution in [0.5, 0.6) is 0 Å². The first kappa shape index (κ1) is 14.2. The van der Waals surface area contributed by atoms with E-state index in [9.17, 15) is 10.1 Å². The Labute approximate surface area is 130 Å². The number of nitro benzene ring substituents is 1. The normalized spacial score (nSPS) is 10.5. The van der Waals surface area contributed by atoms with E-state index in [1.807, 2.05) is 11.4 Å². The standard InChI is InChI=1S/C14H13N5O2S/c20-19(21)12-4-2-1-3-11(12)15-6-7-16-13-10-5-8-22-14(10)18-9-17-13/h1-5,8-9,15H,6-7H2,(H,16,17,18). The van der Waals surface area contributed by atoms with Gasteiger partial charge in [-0.25, -0.2) is 9.97 Å². The highest BCUT2D eigenvalue weighted by atomic mass is 32.1. The Balaban J connectivity index is 1.60. The fourth-order valence-electron chi connectivity index (χ4n) is 2.09. The lowest BCUT2D eigenvalue weighted by atomic mass is 10.2. The van der Waals surface area contributed by atoms with Gasteiger partial charge in [0.2, 0.25) is 0 Å². The Bertz CT molecular complexity index is 805. The van der Waals surface area contributed by atoms with Crippen LogP contribution in [0.3, 0.4) is 0 Å². The number of thiophene rings is 1. The number of fused-ring (bicyclic) bond motifs is 1. The summed E-state index contributed by atoms with van der Waals surface area (Å²) in [5.41, 5.74) is 0.586. The van der Waals surface area contributed by atoms with Gasteiger partial charge < -0.3 is 10.6 Å². The minimum atomic E-state index is -0.394. The topological polar surface area (TPSA) is 93.0 Å². The molecule has 2 N–H and O–H groups in total. The predicted molar refractivity (Wildman–Crippen MR) is 87.5 cm³/mol. The lowest BCUT2D eigenvalue weighted by Crippen LogP contribution is -2.15. The number of hydrogen-bond acceptors (Lipinski definition) is 7. The number of benzene rings is 1. The maximum absolute atomic E-state index is 10.9. The summed E-state index contributed by atoms with van der Waals surface area (Å²) in [6.45, 7) is 1.13. The molecule has 0 fully saturated rings. The van der Waals surface area contributed by atoms with Gasteiger partial charge in [0.25, 0.3) is 5.69 Å². The quantitative estimate of drug-likeness (QED) is 0.412. The number of nitrogens with one attached hydrogen (secondary N) is 2. The highest BCUT2D eigenvalue weighted by Gasteiger charge is 2.11. The van der Waals surface area contributed by atoms with Gasteiger partial charge >= 0.3 is 0 Å². The number of nitrogens with zero attached hydrogens (tertiary/aromatic N) is 3. The first-order valence-corrected chi connectivity index (χ1v) is 7.53. The molecule has 2 aromatic heterocycles. The molecule has 0 atom stereocenters. The third-order valence-corrected chi connectivity index (χ3v) is 3.92. The van der Waals surface area contributed by atoms with Crippen molar-refractivity contribution in [3.63, 3.8) is 0 Å². The van der Waals surface area contributed by atoms with Crippen LogP contribution < -0.4 is 10.6 Å². The third-order valence-electron chi connectivity index (χ3n) is 3.10. The molecule has 0 unspecified atom stereocenters. The molecule has 0 spiro atoms. The summed E-state index contributed by atoms with van der Waals surface area (Å²) in [4.78, 5) is 19.9.